The maximum absolute atomic E-state index is 10.3. The second kappa shape index (κ2) is 5.42. The van der Waals surface area contributed by atoms with Gasteiger partial charge in [0.2, 0.25) is 0 Å². The Hall–Kier alpha value is -1.51. The van der Waals surface area contributed by atoms with Crippen molar-refractivity contribution in [2.45, 2.75) is 13.0 Å². The van der Waals surface area contributed by atoms with Gasteiger partial charge in [0, 0.05) is 0 Å². The van der Waals surface area contributed by atoms with E-state index in [1.807, 2.05) is 31.2 Å². The van der Waals surface area contributed by atoms with Crippen LogP contribution in [-0.2, 0) is 0 Å². The van der Waals surface area contributed by atoms with Gasteiger partial charge >= 0.3 is 0 Å². The van der Waals surface area contributed by atoms with Gasteiger partial charge in [0.15, 0.2) is 0 Å². The fourth-order valence-electron chi connectivity index (χ4n) is 1.88. The van der Waals surface area contributed by atoms with Gasteiger partial charge in [-0.25, -0.2) is 0 Å². The molecule has 2 aromatic rings. The van der Waals surface area contributed by atoms with Crippen LogP contribution in [0.25, 0.3) is 0 Å². The summed E-state index contributed by atoms with van der Waals surface area (Å²) in [7, 11) is 1.56. The Balaban J connectivity index is 2.36. The Morgan fingerprint density at radius 1 is 1.11 bits per heavy atom. The summed E-state index contributed by atoms with van der Waals surface area (Å²) in [5.74, 6) is 0.570. The van der Waals surface area contributed by atoms with Crippen molar-refractivity contribution in [2.24, 2.45) is 0 Å². The van der Waals surface area contributed by atoms with E-state index in [9.17, 15) is 5.11 Å². The lowest BCUT2D eigenvalue weighted by Crippen LogP contribution is -2.00. The molecule has 0 aliphatic carbocycles. The van der Waals surface area contributed by atoms with Gasteiger partial charge in [0.1, 0.15) is 11.9 Å². The number of aliphatic hydroxyl groups excluding tert-OH is 1. The van der Waals surface area contributed by atoms with Crippen molar-refractivity contribution in [3.63, 3.8) is 0 Å². The maximum atomic E-state index is 10.3. The molecule has 0 fully saturated rings. The van der Waals surface area contributed by atoms with Gasteiger partial charge < -0.3 is 9.84 Å². The smallest absolute Gasteiger partial charge is 0.137 e. The molecule has 3 heteroatoms. The van der Waals surface area contributed by atoms with E-state index in [-0.39, 0.29) is 0 Å². The average Bonchev–Trinajstić information content (AvgIpc) is 2.38. The predicted octanol–water partition coefficient (Wildman–Crippen LogP) is 3.74. The lowest BCUT2D eigenvalue weighted by Gasteiger charge is -2.14. The molecule has 0 aliphatic heterocycles. The van der Waals surface area contributed by atoms with Crippen molar-refractivity contribution >= 4 is 11.6 Å². The van der Waals surface area contributed by atoms with Crippen LogP contribution in [0.4, 0.5) is 0 Å². The van der Waals surface area contributed by atoms with Crippen molar-refractivity contribution < 1.29 is 9.84 Å². The molecule has 2 rings (SSSR count). The fraction of sp³-hybridized carbons (Fsp3) is 0.200. The van der Waals surface area contributed by atoms with Crippen molar-refractivity contribution in [1.29, 1.82) is 0 Å². The van der Waals surface area contributed by atoms with Gasteiger partial charge in [-0.3, -0.25) is 0 Å². The van der Waals surface area contributed by atoms with Crippen LogP contribution in [0.2, 0.25) is 5.02 Å². The molecule has 0 aromatic heterocycles. The van der Waals surface area contributed by atoms with Crippen LogP contribution in [-0.4, -0.2) is 12.2 Å². The predicted molar refractivity (Wildman–Crippen MR) is 73.2 cm³/mol. The van der Waals surface area contributed by atoms with Crippen LogP contribution in [0.3, 0.4) is 0 Å². The number of hydrogen-bond acceptors (Lipinski definition) is 2. The standard InChI is InChI=1S/C15H15ClO2/c1-10-4-3-5-11(8-10)15(17)12-6-7-13(16)14(9-12)18-2/h3-9,15,17H,1-2H3. The summed E-state index contributed by atoms with van der Waals surface area (Å²) in [6.45, 7) is 2.00. The summed E-state index contributed by atoms with van der Waals surface area (Å²) in [6.07, 6.45) is -0.670. The zero-order valence-corrected chi connectivity index (χ0v) is 11.1. The topological polar surface area (TPSA) is 29.5 Å². The minimum Gasteiger partial charge on any atom is -0.495 e. The number of aryl methyl sites for hydroxylation is 1. The number of aliphatic hydroxyl groups is 1. The molecule has 0 amide bonds. The fourth-order valence-corrected chi connectivity index (χ4v) is 2.07. The van der Waals surface area contributed by atoms with Crippen molar-refractivity contribution in [3.8, 4) is 5.75 Å². The normalized spacial score (nSPS) is 12.2. The highest BCUT2D eigenvalue weighted by Gasteiger charge is 2.12. The van der Waals surface area contributed by atoms with E-state index in [1.54, 1.807) is 25.3 Å². The number of benzene rings is 2. The third-order valence-corrected chi connectivity index (χ3v) is 3.16. The number of methoxy groups -OCH3 is 1. The van der Waals surface area contributed by atoms with Crippen LogP contribution < -0.4 is 4.74 Å². The number of hydrogen-bond donors (Lipinski definition) is 1. The highest BCUT2D eigenvalue weighted by atomic mass is 35.5. The largest absolute Gasteiger partial charge is 0.495 e. The van der Waals surface area contributed by atoms with E-state index >= 15 is 0 Å². The summed E-state index contributed by atoms with van der Waals surface area (Å²) in [5, 5.41) is 10.9. The molecule has 1 unspecified atom stereocenters. The highest BCUT2D eigenvalue weighted by Crippen LogP contribution is 2.30. The Morgan fingerprint density at radius 3 is 2.50 bits per heavy atom. The van der Waals surface area contributed by atoms with Crippen LogP contribution in [0.15, 0.2) is 42.5 Å². The van der Waals surface area contributed by atoms with E-state index in [0.29, 0.717) is 10.8 Å². The molecule has 0 radical (unpaired) electrons. The highest BCUT2D eigenvalue weighted by molar-refractivity contribution is 6.32. The number of halogens is 1. The van der Waals surface area contributed by atoms with Crippen LogP contribution >= 0.6 is 11.6 Å². The summed E-state index contributed by atoms with van der Waals surface area (Å²) >= 11 is 5.97. The van der Waals surface area contributed by atoms with Gasteiger partial charge in [0.25, 0.3) is 0 Å². The lowest BCUT2D eigenvalue weighted by molar-refractivity contribution is 0.219. The van der Waals surface area contributed by atoms with Gasteiger partial charge in [-0.2, -0.15) is 0 Å². The Morgan fingerprint density at radius 2 is 1.83 bits per heavy atom. The van der Waals surface area contributed by atoms with Crippen LogP contribution in [0.5, 0.6) is 5.75 Å². The molecule has 0 spiro atoms. The Bertz CT molecular complexity index is 552. The Kier molecular flexibility index (Phi) is 3.90. The SMILES string of the molecule is COc1cc(C(O)c2cccc(C)c2)ccc1Cl. The van der Waals surface area contributed by atoms with Crippen LogP contribution in [0, 0.1) is 6.92 Å². The zero-order chi connectivity index (χ0) is 13.1. The van der Waals surface area contributed by atoms with E-state index in [2.05, 4.69) is 0 Å². The first-order chi connectivity index (χ1) is 8.61. The molecule has 1 N–H and O–H groups in total. The molecular formula is C15H15ClO2. The van der Waals surface area contributed by atoms with E-state index in [4.69, 9.17) is 16.3 Å². The molecule has 0 saturated heterocycles. The third kappa shape index (κ3) is 2.66. The van der Waals surface area contributed by atoms with Crippen molar-refractivity contribution in [2.75, 3.05) is 7.11 Å². The molecular weight excluding hydrogens is 248 g/mol. The summed E-state index contributed by atoms with van der Waals surface area (Å²) in [6, 6.07) is 13.1. The minimum absolute atomic E-state index is 0.540. The minimum atomic E-state index is -0.670. The molecule has 94 valence electrons. The molecule has 0 heterocycles. The molecule has 0 aliphatic rings. The van der Waals surface area contributed by atoms with Gasteiger partial charge in [0.05, 0.1) is 12.1 Å². The number of ether oxygens (including phenoxy) is 1. The average molecular weight is 263 g/mol. The summed E-state index contributed by atoms with van der Waals surface area (Å²) in [4.78, 5) is 0. The maximum Gasteiger partial charge on any atom is 0.137 e. The molecule has 2 aromatic carbocycles. The molecule has 0 saturated carbocycles. The van der Waals surface area contributed by atoms with E-state index < -0.39 is 6.10 Å². The first-order valence-electron chi connectivity index (χ1n) is 5.70. The second-order valence-electron chi connectivity index (χ2n) is 4.21. The van der Waals surface area contributed by atoms with Gasteiger partial charge in [-0.05, 0) is 30.2 Å². The first-order valence-corrected chi connectivity index (χ1v) is 6.07. The molecule has 2 nitrogen and oxygen atoms in total. The summed E-state index contributed by atoms with van der Waals surface area (Å²) in [5.41, 5.74) is 2.74. The van der Waals surface area contributed by atoms with Crippen molar-refractivity contribution in [1.82, 2.24) is 0 Å². The van der Waals surface area contributed by atoms with Gasteiger partial charge in [-0.15, -0.1) is 0 Å². The first kappa shape index (κ1) is 12.9. The summed E-state index contributed by atoms with van der Waals surface area (Å²) < 4.78 is 5.15. The lowest BCUT2D eigenvalue weighted by atomic mass is 10.00. The molecule has 1 atom stereocenters. The zero-order valence-electron chi connectivity index (χ0n) is 10.4. The second-order valence-corrected chi connectivity index (χ2v) is 4.62. The Labute approximate surface area is 112 Å². The molecule has 0 bridgehead atoms. The number of rotatable bonds is 3. The van der Waals surface area contributed by atoms with Crippen LogP contribution in [0.1, 0.15) is 22.8 Å². The quantitative estimate of drug-likeness (QED) is 0.913. The van der Waals surface area contributed by atoms with E-state index in [0.717, 1.165) is 16.7 Å². The third-order valence-electron chi connectivity index (χ3n) is 2.85. The van der Waals surface area contributed by atoms with E-state index in [1.165, 1.54) is 0 Å². The van der Waals surface area contributed by atoms with Crippen molar-refractivity contribution in [3.05, 3.63) is 64.2 Å². The van der Waals surface area contributed by atoms with Gasteiger partial charge in [-0.1, -0.05) is 47.5 Å². The molecule has 18 heavy (non-hydrogen) atoms. The monoisotopic (exact) mass is 262 g/mol.